The number of rotatable bonds is 15. The van der Waals surface area contributed by atoms with Crippen LogP contribution in [0.2, 0.25) is 0 Å². The maximum absolute atomic E-state index is 13.1. The van der Waals surface area contributed by atoms with Crippen LogP contribution < -0.4 is 9.64 Å². The molecule has 0 saturated carbocycles. The fourth-order valence-electron chi connectivity index (χ4n) is 5.78. The van der Waals surface area contributed by atoms with E-state index in [-0.39, 0.29) is 17.9 Å². The highest BCUT2D eigenvalue weighted by Crippen LogP contribution is 2.32. The van der Waals surface area contributed by atoms with Gasteiger partial charge in [0.1, 0.15) is 5.75 Å². The summed E-state index contributed by atoms with van der Waals surface area (Å²) in [5.41, 5.74) is 2.94. The first-order valence-corrected chi connectivity index (χ1v) is 15.4. The van der Waals surface area contributed by atoms with Gasteiger partial charge in [-0.05, 0) is 87.5 Å². The number of unbranched alkanes of at least 4 members (excludes halogenated alkanes) is 2. The summed E-state index contributed by atoms with van der Waals surface area (Å²) in [6.07, 6.45) is 5.34. The first-order chi connectivity index (χ1) is 20.0. The Kier molecular flexibility index (Phi) is 12.0. The van der Waals surface area contributed by atoms with Crippen LogP contribution in [0.5, 0.6) is 5.75 Å². The van der Waals surface area contributed by atoms with Crippen molar-refractivity contribution in [3.63, 3.8) is 0 Å². The van der Waals surface area contributed by atoms with Gasteiger partial charge in [-0.2, -0.15) is 0 Å². The van der Waals surface area contributed by atoms with E-state index in [1.165, 1.54) is 5.56 Å². The molecule has 4 rings (SSSR count). The summed E-state index contributed by atoms with van der Waals surface area (Å²) >= 11 is 0. The highest BCUT2D eigenvalue weighted by molar-refractivity contribution is 5.97. The number of fused-ring (bicyclic) bond motifs is 1. The van der Waals surface area contributed by atoms with Crippen molar-refractivity contribution in [1.29, 1.82) is 0 Å². The van der Waals surface area contributed by atoms with Crippen molar-refractivity contribution in [2.24, 2.45) is 0 Å². The van der Waals surface area contributed by atoms with E-state index >= 15 is 0 Å². The van der Waals surface area contributed by atoms with Gasteiger partial charge in [0, 0.05) is 50.0 Å². The van der Waals surface area contributed by atoms with E-state index in [4.69, 9.17) is 9.47 Å². The van der Waals surface area contributed by atoms with Crippen molar-refractivity contribution in [2.45, 2.75) is 70.9 Å². The predicted octanol–water partition coefficient (Wildman–Crippen LogP) is 4.54. The lowest BCUT2D eigenvalue weighted by Crippen LogP contribution is -2.50. The summed E-state index contributed by atoms with van der Waals surface area (Å²) in [5.74, 6) is 0.986. The molecule has 0 aliphatic carbocycles. The fraction of sp³-hybridized carbons (Fsp3) is 0.576. The van der Waals surface area contributed by atoms with Crippen LogP contribution in [0, 0.1) is 0 Å². The van der Waals surface area contributed by atoms with E-state index in [0.29, 0.717) is 51.4 Å². The van der Waals surface area contributed by atoms with Crippen LogP contribution in [0.25, 0.3) is 0 Å². The Morgan fingerprint density at radius 2 is 1.68 bits per heavy atom. The summed E-state index contributed by atoms with van der Waals surface area (Å²) in [5, 5.41) is 10.1. The number of aliphatic hydroxyl groups excluding tert-OH is 1. The van der Waals surface area contributed by atoms with Crippen LogP contribution in [0.3, 0.4) is 0 Å². The number of likely N-dealkylation sites (N-methyl/N-ethyl adjacent to an activating group) is 1. The average molecular weight is 566 g/mol. The van der Waals surface area contributed by atoms with Gasteiger partial charge in [0.05, 0.1) is 19.3 Å². The first-order valence-electron chi connectivity index (χ1n) is 15.4. The molecule has 0 spiro atoms. The third-order valence-corrected chi connectivity index (χ3v) is 8.22. The lowest BCUT2D eigenvalue weighted by atomic mass is 9.95. The van der Waals surface area contributed by atoms with Gasteiger partial charge in [-0.15, -0.1) is 0 Å². The number of carbonyl (C=O) groups excluding carboxylic acids is 2. The summed E-state index contributed by atoms with van der Waals surface area (Å²) < 4.78 is 11.5. The predicted molar refractivity (Wildman–Crippen MR) is 162 cm³/mol. The Hall–Kier alpha value is -2.94. The van der Waals surface area contributed by atoms with Gasteiger partial charge < -0.3 is 29.3 Å². The highest BCUT2D eigenvalue weighted by atomic mass is 16.5. The molecule has 0 aromatic heterocycles. The fourth-order valence-corrected chi connectivity index (χ4v) is 5.78. The zero-order chi connectivity index (χ0) is 29.0. The molecule has 2 aromatic rings. The van der Waals surface area contributed by atoms with E-state index in [9.17, 15) is 14.7 Å². The number of ether oxygens (including phenoxy) is 2. The number of para-hydroxylation sites is 1. The highest BCUT2D eigenvalue weighted by Gasteiger charge is 2.33. The summed E-state index contributed by atoms with van der Waals surface area (Å²) in [7, 11) is 0. The van der Waals surface area contributed by atoms with Crippen LogP contribution >= 0.6 is 0 Å². The number of carbonyl (C=O) groups is 2. The normalized spacial score (nSPS) is 16.6. The smallest absolute Gasteiger partial charge is 0.253 e. The SMILES string of the molecule is CCN(CC)CC(O)COCCCCCOc1ccc(C(=O)N2CCC(N3C(=O)CCc4ccccc43)CC2)cc1. The van der Waals surface area contributed by atoms with E-state index < -0.39 is 6.10 Å². The molecule has 41 heavy (non-hydrogen) atoms. The molecule has 2 aliphatic heterocycles. The number of piperidine rings is 1. The minimum atomic E-state index is -0.441. The molecular weight excluding hydrogens is 518 g/mol. The van der Waals surface area contributed by atoms with Crippen molar-refractivity contribution in [3.8, 4) is 5.75 Å². The van der Waals surface area contributed by atoms with Crippen LogP contribution in [0.4, 0.5) is 5.69 Å². The van der Waals surface area contributed by atoms with Crippen LogP contribution in [0.15, 0.2) is 48.5 Å². The van der Waals surface area contributed by atoms with Crippen LogP contribution in [0.1, 0.15) is 68.3 Å². The Bertz CT molecular complexity index is 1100. The van der Waals surface area contributed by atoms with Gasteiger partial charge in [-0.1, -0.05) is 32.0 Å². The number of amides is 2. The van der Waals surface area contributed by atoms with Crippen molar-refractivity contribution < 1.29 is 24.2 Å². The summed E-state index contributed by atoms with van der Waals surface area (Å²) in [6, 6.07) is 15.7. The van der Waals surface area contributed by atoms with Gasteiger partial charge in [-0.3, -0.25) is 9.59 Å². The number of aliphatic hydroxyl groups is 1. The van der Waals surface area contributed by atoms with E-state index in [1.807, 2.05) is 52.3 Å². The van der Waals surface area contributed by atoms with Crippen molar-refractivity contribution in [3.05, 3.63) is 59.7 Å². The largest absolute Gasteiger partial charge is 0.494 e. The molecule has 8 heteroatoms. The number of likely N-dealkylation sites (tertiary alicyclic amines) is 1. The van der Waals surface area contributed by atoms with Gasteiger partial charge in [0.15, 0.2) is 0 Å². The summed E-state index contributed by atoms with van der Waals surface area (Å²) in [4.78, 5) is 32.0. The number of nitrogens with zero attached hydrogens (tertiary/aromatic N) is 3. The quantitative estimate of drug-likeness (QED) is 0.320. The van der Waals surface area contributed by atoms with Crippen molar-refractivity contribution >= 4 is 17.5 Å². The Labute approximate surface area is 245 Å². The Balaban J connectivity index is 1.12. The Morgan fingerprint density at radius 1 is 0.976 bits per heavy atom. The van der Waals surface area contributed by atoms with Gasteiger partial charge in [0.2, 0.25) is 5.91 Å². The molecule has 8 nitrogen and oxygen atoms in total. The molecule has 1 unspecified atom stereocenters. The third-order valence-electron chi connectivity index (χ3n) is 8.22. The second-order valence-electron chi connectivity index (χ2n) is 11.1. The topological polar surface area (TPSA) is 82.6 Å². The first kappa shape index (κ1) is 31.0. The van der Waals surface area contributed by atoms with E-state index in [0.717, 1.165) is 63.1 Å². The zero-order valence-corrected chi connectivity index (χ0v) is 24.8. The lowest BCUT2D eigenvalue weighted by Gasteiger charge is -2.41. The molecule has 224 valence electrons. The number of benzene rings is 2. The minimum Gasteiger partial charge on any atom is -0.494 e. The Morgan fingerprint density at radius 3 is 2.41 bits per heavy atom. The molecule has 2 aromatic carbocycles. The maximum Gasteiger partial charge on any atom is 0.253 e. The standard InChI is InChI=1S/C33H47N3O5/c1-3-34(4-2)24-29(37)25-40-22-8-5-9-23-41-30-15-12-27(13-16-30)33(39)35-20-18-28(19-21-35)36-31-11-7-6-10-26(31)14-17-32(36)38/h6-7,10-13,15-16,28-29,37H,3-5,8-9,14,17-25H2,1-2H3. The average Bonchev–Trinajstić information content (AvgIpc) is 3.01. The monoisotopic (exact) mass is 565 g/mol. The summed E-state index contributed by atoms with van der Waals surface area (Å²) in [6.45, 7) is 9.64. The molecule has 0 bridgehead atoms. The number of aryl methyl sites for hydroxylation is 1. The molecular formula is C33H47N3O5. The molecule has 1 atom stereocenters. The minimum absolute atomic E-state index is 0.0302. The molecule has 2 heterocycles. The van der Waals surface area contributed by atoms with Gasteiger partial charge in [-0.25, -0.2) is 0 Å². The van der Waals surface area contributed by atoms with Gasteiger partial charge in [0.25, 0.3) is 5.91 Å². The zero-order valence-electron chi connectivity index (χ0n) is 24.8. The second kappa shape index (κ2) is 15.9. The maximum atomic E-state index is 13.1. The van der Waals surface area contributed by atoms with Crippen molar-refractivity contribution in [2.75, 3.05) is 57.4 Å². The van der Waals surface area contributed by atoms with E-state index in [1.54, 1.807) is 0 Å². The number of anilines is 1. The van der Waals surface area contributed by atoms with Crippen molar-refractivity contribution in [1.82, 2.24) is 9.80 Å². The molecule has 2 aliphatic rings. The molecule has 0 radical (unpaired) electrons. The van der Waals surface area contributed by atoms with Crippen LogP contribution in [-0.2, 0) is 16.0 Å². The second-order valence-corrected chi connectivity index (χ2v) is 11.1. The number of hydrogen-bond acceptors (Lipinski definition) is 6. The van der Waals surface area contributed by atoms with Gasteiger partial charge >= 0.3 is 0 Å². The molecule has 1 saturated heterocycles. The lowest BCUT2D eigenvalue weighted by molar-refractivity contribution is -0.119. The molecule has 1 fully saturated rings. The number of hydrogen-bond donors (Lipinski definition) is 1. The van der Waals surface area contributed by atoms with Crippen LogP contribution in [-0.4, -0.2) is 91.4 Å². The third kappa shape index (κ3) is 8.77. The molecule has 1 N–H and O–H groups in total. The van der Waals surface area contributed by atoms with E-state index in [2.05, 4.69) is 24.8 Å². The molecule has 2 amide bonds.